The zero-order chi connectivity index (χ0) is 7.21. The fraction of sp³-hybridized carbons (Fsp3) is 0.500. The van der Waals surface area contributed by atoms with Crippen molar-refractivity contribution in [1.82, 2.24) is 0 Å². The first kappa shape index (κ1) is 10.7. The van der Waals surface area contributed by atoms with Gasteiger partial charge in [0, 0.05) is 0 Å². The predicted octanol–water partition coefficient (Wildman–Crippen LogP) is -0.0987. The van der Waals surface area contributed by atoms with Crippen LogP contribution >= 0.6 is 12.6 Å². The number of nitrogens with zero attached hydrogens (tertiary/aromatic N) is 1. The lowest BCUT2D eigenvalue weighted by Crippen LogP contribution is -1.88. The van der Waals surface area contributed by atoms with E-state index in [1.165, 1.54) is 5.40 Å². The Labute approximate surface area is 53.3 Å². The largest absolute Gasteiger partial charge is 0.286 e. The van der Waals surface area contributed by atoms with Crippen LogP contribution in [0.4, 0.5) is 0 Å². The smallest absolute Gasteiger partial charge is 0.261 e. The van der Waals surface area contributed by atoms with E-state index in [9.17, 15) is 8.42 Å². The summed E-state index contributed by atoms with van der Waals surface area (Å²) in [7, 11) is -3.67. The van der Waals surface area contributed by atoms with E-state index in [1.54, 1.807) is 0 Å². The van der Waals surface area contributed by atoms with Crippen LogP contribution in [0.25, 0.3) is 0 Å². The molecule has 0 rings (SSSR count). The van der Waals surface area contributed by atoms with Gasteiger partial charge in [0.25, 0.3) is 10.1 Å². The molecule has 48 valence electrons. The second-order valence-electron chi connectivity index (χ2n) is 0.833. The van der Waals surface area contributed by atoms with Crippen molar-refractivity contribution in [2.24, 2.45) is 0 Å². The highest BCUT2D eigenvalue weighted by Crippen LogP contribution is 1.60. The summed E-state index contributed by atoms with van der Waals surface area (Å²) in [6, 6.07) is 0. The van der Waals surface area contributed by atoms with Crippen LogP contribution in [0.15, 0.2) is 0 Å². The molecule has 6 heteroatoms. The van der Waals surface area contributed by atoms with E-state index < -0.39 is 10.1 Å². The molecule has 0 aliphatic rings. The average molecular weight is 155 g/mol. The van der Waals surface area contributed by atoms with Crippen molar-refractivity contribution in [3.05, 3.63) is 0 Å². The van der Waals surface area contributed by atoms with E-state index in [-0.39, 0.29) is 0 Å². The first-order chi connectivity index (χ1) is 3.41. The van der Waals surface area contributed by atoms with Gasteiger partial charge in [0.15, 0.2) is 0 Å². The van der Waals surface area contributed by atoms with Crippen molar-refractivity contribution in [3.8, 4) is 5.40 Å². The van der Waals surface area contributed by atoms with Crippen molar-refractivity contribution < 1.29 is 13.0 Å². The maximum absolute atomic E-state index is 9.19. The van der Waals surface area contributed by atoms with Crippen molar-refractivity contribution in [1.29, 1.82) is 5.26 Å². The Balaban J connectivity index is 0. The third kappa shape index (κ3) is 2080. The van der Waals surface area contributed by atoms with Gasteiger partial charge in [-0.2, -0.15) is 13.7 Å². The third-order valence-electron chi connectivity index (χ3n) is 0. The zero-order valence-corrected chi connectivity index (χ0v) is 5.78. The lowest BCUT2D eigenvalue weighted by Gasteiger charge is -1.69. The summed E-state index contributed by atoms with van der Waals surface area (Å²) in [5.74, 6) is 0. The molecule has 0 saturated heterocycles. The fourth-order valence-corrected chi connectivity index (χ4v) is 0. The van der Waals surface area contributed by atoms with E-state index in [0.717, 1.165) is 0 Å². The first-order valence-electron chi connectivity index (χ1n) is 1.37. The van der Waals surface area contributed by atoms with Crippen molar-refractivity contribution >= 4 is 22.7 Å². The maximum atomic E-state index is 9.19. The molecule has 0 aromatic heterocycles. The minimum absolute atomic E-state index is 0.715. The molecular formula is C2H5NO3S2. The van der Waals surface area contributed by atoms with Crippen molar-refractivity contribution in [2.45, 2.75) is 0 Å². The van der Waals surface area contributed by atoms with Crippen LogP contribution < -0.4 is 0 Å². The maximum Gasteiger partial charge on any atom is 0.261 e. The molecule has 0 radical (unpaired) electrons. The normalized spacial score (nSPS) is 8.25. The molecule has 0 unspecified atom stereocenters. The number of hydrogen-bond donors (Lipinski definition) is 2. The van der Waals surface area contributed by atoms with E-state index in [1.807, 2.05) is 0 Å². The highest BCUT2D eigenvalue weighted by atomic mass is 32.2. The van der Waals surface area contributed by atoms with Crippen LogP contribution in [0.3, 0.4) is 0 Å². The van der Waals surface area contributed by atoms with Gasteiger partial charge in [0.2, 0.25) is 0 Å². The predicted molar refractivity (Wildman–Crippen MR) is 32.1 cm³/mol. The molecule has 4 nitrogen and oxygen atoms in total. The van der Waals surface area contributed by atoms with Gasteiger partial charge >= 0.3 is 0 Å². The standard InChI is InChI=1S/CHNS.CH4O3S/c2-1-3;1-5(2,3)4/h3H;1H3,(H,2,3,4). The topological polar surface area (TPSA) is 78.2 Å². The van der Waals surface area contributed by atoms with Crippen LogP contribution in [0.1, 0.15) is 0 Å². The summed E-state index contributed by atoms with van der Waals surface area (Å²) in [6.07, 6.45) is 0.715. The molecule has 0 saturated carbocycles. The average Bonchev–Trinajstić information content (AvgIpc) is 1.27. The minimum atomic E-state index is -3.67. The molecular weight excluding hydrogens is 150 g/mol. The minimum Gasteiger partial charge on any atom is -0.286 e. The van der Waals surface area contributed by atoms with Gasteiger partial charge in [-0.3, -0.25) is 4.55 Å². The number of nitriles is 1. The molecule has 0 aromatic carbocycles. The number of rotatable bonds is 0. The molecule has 0 aliphatic heterocycles. The summed E-state index contributed by atoms with van der Waals surface area (Å²) in [6.45, 7) is 0. The Morgan fingerprint density at radius 1 is 1.75 bits per heavy atom. The molecule has 0 spiro atoms. The SMILES string of the molecule is CS(=O)(=O)O.N#CS. The molecule has 8 heavy (non-hydrogen) atoms. The molecule has 1 N–H and O–H groups in total. The van der Waals surface area contributed by atoms with Gasteiger partial charge in [-0.15, -0.1) is 0 Å². The van der Waals surface area contributed by atoms with Gasteiger partial charge in [-0.25, -0.2) is 0 Å². The highest BCUT2D eigenvalue weighted by Gasteiger charge is 1.81. The summed E-state index contributed by atoms with van der Waals surface area (Å²) in [5, 5.41) is 8.63. The molecule has 0 atom stereocenters. The van der Waals surface area contributed by atoms with E-state index in [4.69, 9.17) is 9.81 Å². The zero-order valence-electron chi connectivity index (χ0n) is 4.07. The second kappa shape index (κ2) is 4.90. The number of hydrogen-bond acceptors (Lipinski definition) is 4. The Bertz CT molecular complexity index is 156. The van der Waals surface area contributed by atoms with Crippen molar-refractivity contribution in [3.63, 3.8) is 0 Å². The van der Waals surface area contributed by atoms with Gasteiger partial charge in [0.1, 0.15) is 5.40 Å². The summed E-state index contributed by atoms with van der Waals surface area (Å²) >= 11 is 3.09. The van der Waals surface area contributed by atoms with Crippen LogP contribution in [-0.2, 0) is 10.1 Å². The van der Waals surface area contributed by atoms with Crippen LogP contribution in [0, 0.1) is 10.7 Å². The number of thiol groups is 1. The Morgan fingerprint density at radius 3 is 1.75 bits per heavy atom. The lowest BCUT2D eigenvalue weighted by atomic mass is 11.8. The van der Waals surface area contributed by atoms with Gasteiger partial charge in [-0.1, -0.05) is 12.6 Å². The van der Waals surface area contributed by atoms with Crippen LogP contribution in [-0.4, -0.2) is 19.2 Å². The molecule has 0 heterocycles. The quantitative estimate of drug-likeness (QED) is 0.291. The van der Waals surface area contributed by atoms with Gasteiger partial charge < -0.3 is 0 Å². The summed E-state index contributed by atoms with van der Waals surface area (Å²) in [5.41, 5.74) is 0. The third-order valence-corrected chi connectivity index (χ3v) is 0. The fourth-order valence-electron chi connectivity index (χ4n) is 0. The molecule has 0 bridgehead atoms. The van der Waals surface area contributed by atoms with Crippen LogP contribution in [0.5, 0.6) is 0 Å². The molecule has 0 fully saturated rings. The monoisotopic (exact) mass is 155 g/mol. The first-order valence-corrected chi connectivity index (χ1v) is 3.67. The Hall–Kier alpha value is -0.250. The van der Waals surface area contributed by atoms with E-state index in [0.29, 0.717) is 6.26 Å². The summed E-state index contributed by atoms with van der Waals surface area (Å²) in [4.78, 5) is 0. The Morgan fingerprint density at radius 2 is 1.75 bits per heavy atom. The van der Waals surface area contributed by atoms with Crippen molar-refractivity contribution in [2.75, 3.05) is 6.26 Å². The summed E-state index contributed by atoms with van der Waals surface area (Å²) < 4.78 is 25.9. The lowest BCUT2D eigenvalue weighted by molar-refractivity contribution is 0.490. The molecule has 0 aromatic rings. The highest BCUT2D eigenvalue weighted by molar-refractivity contribution is 7.85. The number of thiocyanates is 1. The van der Waals surface area contributed by atoms with Gasteiger partial charge in [0.05, 0.1) is 6.26 Å². The molecule has 0 aliphatic carbocycles. The molecule has 0 amide bonds. The second-order valence-corrected chi connectivity index (χ2v) is 2.50. The van der Waals surface area contributed by atoms with E-state index >= 15 is 0 Å². The van der Waals surface area contributed by atoms with E-state index in [2.05, 4.69) is 12.6 Å². The van der Waals surface area contributed by atoms with Gasteiger partial charge in [-0.05, 0) is 0 Å². The van der Waals surface area contributed by atoms with Crippen LogP contribution in [0.2, 0.25) is 0 Å². The Kier molecular flexibility index (Phi) is 6.54.